The van der Waals surface area contributed by atoms with Crippen LogP contribution >= 0.6 is 0 Å². The minimum absolute atomic E-state index is 0.0519. The van der Waals surface area contributed by atoms with Crippen molar-refractivity contribution in [2.45, 2.75) is 19.4 Å². The molecule has 1 fully saturated rings. The number of nitro groups is 1. The highest BCUT2D eigenvalue weighted by Crippen LogP contribution is 2.32. The van der Waals surface area contributed by atoms with Gasteiger partial charge in [0.1, 0.15) is 5.54 Å². The third kappa shape index (κ3) is 2.46. The third-order valence-corrected chi connectivity index (χ3v) is 3.84. The van der Waals surface area contributed by atoms with Crippen LogP contribution in [0.15, 0.2) is 18.2 Å². The highest BCUT2D eigenvalue weighted by atomic mass is 16.6. The topological polar surface area (TPSA) is 83.8 Å². The maximum absolute atomic E-state index is 12.3. The maximum Gasteiger partial charge on any atom is 0.270 e. The fourth-order valence-corrected chi connectivity index (χ4v) is 2.63. The van der Waals surface area contributed by atoms with E-state index in [1.54, 1.807) is 25.8 Å². The van der Waals surface area contributed by atoms with Crippen molar-refractivity contribution in [3.63, 3.8) is 0 Å². The highest BCUT2D eigenvalue weighted by molar-refractivity contribution is 5.93. The third-order valence-electron chi connectivity index (χ3n) is 3.84. The van der Waals surface area contributed by atoms with Crippen molar-refractivity contribution in [2.24, 2.45) is 0 Å². The standard InChI is InChI=1S/C14H17N3O4/c1-14(2)13(19)15(3)6-7-16(14)12-5-4-11(17(20)21)8-10(12)9-18/h4-5,8-9H,6-7H2,1-3H3. The Morgan fingerprint density at radius 3 is 2.57 bits per heavy atom. The molecule has 0 bridgehead atoms. The van der Waals surface area contributed by atoms with Crippen molar-refractivity contribution in [1.29, 1.82) is 0 Å². The zero-order chi connectivity index (χ0) is 15.8. The van der Waals surface area contributed by atoms with Crippen LogP contribution in [-0.2, 0) is 4.79 Å². The Balaban J connectivity index is 2.48. The van der Waals surface area contributed by atoms with E-state index >= 15 is 0 Å². The number of carbonyl (C=O) groups excluding carboxylic acids is 2. The molecule has 2 rings (SSSR count). The lowest BCUT2D eigenvalue weighted by Crippen LogP contribution is -2.62. The van der Waals surface area contributed by atoms with Crippen LogP contribution in [0.25, 0.3) is 0 Å². The van der Waals surface area contributed by atoms with E-state index in [0.717, 1.165) is 0 Å². The van der Waals surface area contributed by atoms with E-state index in [-0.39, 0.29) is 17.2 Å². The largest absolute Gasteiger partial charge is 0.355 e. The first-order valence-electron chi connectivity index (χ1n) is 6.56. The average molecular weight is 291 g/mol. The molecule has 0 aliphatic carbocycles. The van der Waals surface area contributed by atoms with Crippen LogP contribution in [-0.4, -0.2) is 47.7 Å². The van der Waals surface area contributed by atoms with Gasteiger partial charge in [-0.1, -0.05) is 0 Å². The number of rotatable bonds is 3. The van der Waals surface area contributed by atoms with Gasteiger partial charge in [-0.2, -0.15) is 0 Å². The number of non-ortho nitro benzene ring substituents is 1. The van der Waals surface area contributed by atoms with E-state index in [0.29, 0.717) is 25.1 Å². The molecule has 112 valence electrons. The maximum atomic E-state index is 12.3. The molecule has 0 radical (unpaired) electrons. The summed E-state index contributed by atoms with van der Waals surface area (Å²) in [5.74, 6) is -0.0519. The SMILES string of the molecule is CN1CCN(c2ccc([N+](=O)[O-])cc2C=O)C(C)(C)C1=O. The van der Waals surface area contributed by atoms with E-state index in [9.17, 15) is 19.7 Å². The van der Waals surface area contributed by atoms with Crippen molar-refractivity contribution < 1.29 is 14.5 Å². The molecule has 1 aliphatic rings. The van der Waals surface area contributed by atoms with Gasteiger partial charge in [0.25, 0.3) is 5.69 Å². The Labute approximate surface area is 122 Å². The van der Waals surface area contributed by atoms with Gasteiger partial charge >= 0.3 is 0 Å². The summed E-state index contributed by atoms with van der Waals surface area (Å²) in [5.41, 5.74) is -0.184. The number of amides is 1. The van der Waals surface area contributed by atoms with Crippen molar-refractivity contribution >= 4 is 23.6 Å². The number of carbonyl (C=O) groups is 2. The summed E-state index contributed by atoms with van der Waals surface area (Å²) in [6, 6.07) is 4.12. The molecule has 0 N–H and O–H groups in total. The second-order valence-electron chi connectivity index (χ2n) is 5.56. The van der Waals surface area contributed by atoms with Crippen LogP contribution < -0.4 is 4.90 Å². The zero-order valence-electron chi connectivity index (χ0n) is 12.2. The van der Waals surface area contributed by atoms with E-state index in [1.807, 2.05) is 4.90 Å². The van der Waals surface area contributed by atoms with Crippen LogP contribution in [0.3, 0.4) is 0 Å². The Bertz CT molecular complexity index is 612. The number of nitrogens with zero attached hydrogens (tertiary/aromatic N) is 3. The van der Waals surface area contributed by atoms with E-state index in [4.69, 9.17) is 0 Å². The number of piperazine rings is 1. The van der Waals surface area contributed by atoms with Gasteiger partial charge < -0.3 is 9.80 Å². The Hall–Kier alpha value is -2.44. The molecular formula is C14H17N3O4. The number of aldehydes is 1. The molecule has 1 amide bonds. The Morgan fingerprint density at radius 1 is 1.33 bits per heavy atom. The molecule has 7 heteroatoms. The molecule has 1 aliphatic heterocycles. The molecule has 0 aromatic heterocycles. The number of hydrogen-bond acceptors (Lipinski definition) is 5. The molecule has 7 nitrogen and oxygen atoms in total. The van der Waals surface area contributed by atoms with E-state index < -0.39 is 10.5 Å². The summed E-state index contributed by atoms with van der Waals surface area (Å²) in [4.78, 5) is 37.3. The first kappa shape index (κ1) is 15.0. The number of benzene rings is 1. The number of anilines is 1. The van der Waals surface area contributed by atoms with Crippen LogP contribution in [0, 0.1) is 10.1 Å². The molecule has 0 saturated carbocycles. The van der Waals surface area contributed by atoms with Gasteiger partial charge in [-0.3, -0.25) is 19.7 Å². The average Bonchev–Trinajstić information content (AvgIpc) is 2.44. The minimum atomic E-state index is -0.805. The molecule has 0 atom stereocenters. The van der Waals surface area contributed by atoms with Gasteiger partial charge in [-0.15, -0.1) is 0 Å². The second-order valence-corrected chi connectivity index (χ2v) is 5.56. The van der Waals surface area contributed by atoms with Crippen molar-refractivity contribution in [3.8, 4) is 0 Å². The molecule has 1 heterocycles. The summed E-state index contributed by atoms with van der Waals surface area (Å²) < 4.78 is 0. The van der Waals surface area contributed by atoms with Crippen molar-refractivity contribution in [1.82, 2.24) is 4.90 Å². The lowest BCUT2D eigenvalue weighted by atomic mass is 9.95. The summed E-state index contributed by atoms with van der Waals surface area (Å²) in [6.45, 7) is 4.66. The minimum Gasteiger partial charge on any atom is -0.355 e. The molecule has 21 heavy (non-hydrogen) atoms. The summed E-state index contributed by atoms with van der Waals surface area (Å²) in [5, 5.41) is 10.8. The van der Waals surface area contributed by atoms with Crippen LogP contribution in [0.5, 0.6) is 0 Å². The molecule has 1 saturated heterocycles. The van der Waals surface area contributed by atoms with Gasteiger partial charge in [0.05, 0.1) is 4.92 Å². The van der Waals surface area contributed by atoms with E-state index in [2.05, 4.69) is 0 Å². The first-order chi connectivity index (χ1) is 9.78. The molecule has 0 spiro atoms. The van der Waals surface area contributed by atoms with Crippen LogP contribution in [0.2, 0.25) is 0 Å². The highest BCUT2D eigenvalue weighted by Gasteiger charge is 2.41. The summed E-state index contributed by atoms with van der Waals surface area (Å²) >= 11 is 0. The monoisotopic (exact) mass is 291 g/mol. The fourth-order valence-electron chi connectivity index (χ4n) is 2.63. The van der Waals surface area contributed by atoms with E-state index in [1.165, 1.54) is 18.2 Å². The van der Waals surface area contributed by atoms with Crippen LogP contribution in [0.4, 0.5) is 11.4 Å². The van der Waals surface area contributed by atoms with Crippen molar-refractivity contribution in [2.75, 3.05) is 25.0 Å². The Kier molecular flexibility index (Phi) is 3.67. The normalized spacial score (nSPS) is 17.8. The van der Waals surface area contributed by atoms with Gasteiger partial charge in [0.2, 0.25) is 5.91 Å². The number of hydrogen-bond donors (Lipinski definition) is 0. The molecule has 1 aromatic rings. The summed E-state index contributed by atoms with van der Waals surface area (Å²) in [6.07, 6.45) is 0.585. The Morgan fingerprint density at radius 2 is 2.00 bits per heavy atom. The lowest BCUT2D eigenvalue weighted by Gasteiger charge is -2.46. The summed E-state index contributed by atoms with van der Waals surface area (Å²) in [7, 11) is 1.73. The first-order valence-corrected chi connectivity index (χ1v) is 6.56. The predicted octanol–water partition coefficient (Wildman–Crippen LogP) is 1.46. The van der Waals surface area contributed by atoms with Gasteiger partial charge in [0, 0.05) is 43.5 Å². The molecular weight excluding hydrogens is 274 g/mol. The fraction of sp³-hybridized carbons (Fsp3) is 0.429. The van der Waals surface area contributed by atoms with Gasteiger partial charge in [0.15, 0.2) is 6.29 Å². The zero-order valence-corrected chi connectivity index (χ0v) is 12.2. The smallest absolute Gasteiger partial charge is 0.270 e. The van der Waals surface area contributed by atoms with Gasteiger partial charge in [-0.25, -0.2) is 0 Å². The lowest BCUT2D eigenvalue weighted by molar-refractivity contribution is -0.384. The van der Waals surface area contributed by atoms with Gasteiger partial charge in [-0.05, 0) is 19.9 Å². The molecule has 1 aromatic carbocycles. The molecule has 0 unspecified atom stereocenters. The number of nitro benzene ring substituents is 1. The quantitative estimate of drug-likeness (QED) is 0.478. The van der Waals surface area contributed by atoms with Crippen LogP contribution in [0.1, 0.15) is 24.2 Å². The second kappa shape index (κ2) is 5.16. The van der Waals surface area contributed by atoms with Crippen molar-refractivity contribution in [3.05, 3.63) is 33.9 Å². The predicted molar refractivity (Wildman–Crippen MR) is 77.5 cm³/mol. The number of likely N-dealkylation sites (N-methyl/N-ethyl adjacent to an activating group) is 1.